The number of methoxy groups -OCH3 is 2. The monoisotopic (exact) mass is 253 g/mol. The molecule has 0 aliphatic heterocycles. The van der Waals surface area contributed by atoms with E-state index in [-0.39, 0.29) is 6.10 Å². The van der Waals surface area contributed by atoms with Crippen molar-refractivity contribution in [3.05, 3.63) is 29.8 Å². The number of rotatable bonds is 9. The van der Waals surface area contributed by atoms with Crippen molar-refractivity contribution in [2.24, 2.45) is 0 Å². The SMILES string of the molecule is COCCNCC(C)Oc1cccc(COC)c1. The van der Waals surface area contributed by atoms with Gasteiger partial charge >= 0.3 is 0 Å². The number of ether oxygens (including phenoxy) is 3. The third-order valence-corrected chi connectivity index (χ3v) is 2.46. The molecular formula is C14H23NO3. The van der Waals surface area contributed by atoms with Crippen molar-refractivity contribution >= 4 is 0 Å². The van der Waals surface area contributed by atoms with E-state index in [9.17, 15) is 0 Å². The number of nitrogens with one attached hydrogen (secondary N) is 1. The Morgan fingerprint density at radius 1 is 1.22 bits per heavy atom. The van der Waals surface area contributed by atoms with Crippen LogP contribution in [0.3, 0.4) is 0 Å². The van der Waals surface area contributed by atoms with E-state index in [1.165, 1.54) is 0 Å². The lowest BCUT2D eigenvalue weighted by molar-refractivity contribution is 0.180. The summed E-state index contributed by atoms with van der Waals surface area (Å²) in [7, 11) is 3.39. The maximum absolute atomic E-state index is 5.82. The summed E-state index contributed by atoms with van der Waals surface area (Å²) < 4.78 is 15.9. The Labute approximate surface area is 109 Å². The minimum Gasteiger partial charge on any atom is -0.489 e. The quantitative estimate of drug-likeness (QED) is 0.682. The topological polar surface area (TPSA) is 39.7 Å². The van der Waals surface area contributed by atoms with E-state index >= 15 is 0 Å². The summed E-state index contributed by atoms with van der Waals surface area (Å²) in [5.41, 5.74) is 1.12. The Hall–Kier alpha value is -1.10. The van der Waals surface area contributed by atoms with E-state index < -0.39 is 0 Å². The van der Waals surface area contributed by atoms with Crippen LogP contribution in [0.25, 0.3) is 0 Å². The third-order valence-electron chi connectivity index (χ3n) is 2.46. The highest BCUT2D eigenvalue weighted by atomic mass is 16.5. The van der Waals surface area contributed by atoms with Gasteiger partial charge in [0, 0.05) is 27.3 Å². The Bertz CT molecular complexity index is 331. The highest BCUT2D eigenvalue weighted by molar-refractivity contribution is 5.28. The molecule has 1 N–H and O–H groups in total. The van der Waals surface area contributed by atoms with Gasteiger partial charge in [0.15, 0.2) is 0 Å². The Morgan fingerprint density at radius 2 is 2.06 bits per heavy atom. The molecular weight excluding hydrogens is 230 g/mol. The Morgan fingerprint density at radius 3 is 2.78 bits per heavy atom. The van der Waals surface area contributed by atoms with Crippen molar-refractivity contribution in [2.75, 3.05) is 33.9 Å². The fourth-order valence-corrected chi connectivity index (χ4v) is 1.63. The van der Waals surface area contributed by atoms with Gasteiger partial charge in [0.1, 0.15) is 11.9 Å². The second-order valence-corrected chi connectivity index (χ2v) is 4.21. The van der Waals surface area contributed by atoms with Gasteiger partial charge in [-0.15, -0.1) is 0 Å². The zero-order valence-electron chi connectivity index (χ0n) is 11.4. The fraction of sp³-hybridized carbons (Fsp3) is 0.571. The van der Waals surface area contributed by atoms with Crippen LogP contribution in [-0.4, -0.2) is 40.0 Å². The van der Waals surface area contributed by atoms with Gasteiger partial charge < -0.3 is 19.5 Å². The van der Waals surface area contributed by atoms with Crippen LogP contribution in [0.15, 0.2) is 24.3 Å². The molecule has 0 aliphatic rings. The molecule has 18 heavy (non-hydrogen) atoms. The van der Waals surface area contributed by atoms with Crippen molar-refractivity contribution in [1.82, 2.24) is 5.32 Å². The van der Waals surface area contributed by atoms with E-state index in [4.69, 9.17) is 14.2 Å². The largest absolute Gasteiger partial charge is 0.489 e. The first kappa shape index (κ1) is 15.0. The highest BCUT2D eigenvalue weighted by Crippen LogP contribution is 2.15. The molecule has 102 valence electrons. The molecule has 0 saturated heterocycles. The standard InChI is InChI=1S/C14H23NO3/c1-12(10-15-7-8-16-2)18-14-6-4-5-13(9-14)11-17-3/h4-6,9,12,15H,7-8,10-11H2,1-3H3. The van der Waals surface area contributed by atoms with E-state index in [1.807, 2.05) is 31.2 Å². The molecule has 0 fully saturated rings. The molecule has 0 saturated carbocycles. The minimum atomic E-state index is 0.125. The van der Waals surface area contributed by atoms with Gasteiger partial charge in [0.25, 0.3) is 0 Å². The number of hydrogen-bond acceptors (Lipinski definition) is 4. The second kappa shape index (κ2) is 8.91. The molecule has 0 radical (unpaired) electrons. The van der Waals surface area contributed by atoms with E-state index in [0.29, 0.717) is 6.61 Å². The molecule has 4 nitrogen and oxygen atoms in total. The van der Waals surface area contributed by atoms with Crippen molar-refractivity contribution in [3.8, 4) is 5.75 Å². The predicted molar refractivity (Wildman–Crippen MR) is 72.0 cm³/mol. The van der Waals surface area contributed by atoms with Gasteiger partial charge in [-0.1, -0.05) is 12.1 Å². The van der Waals surface area contributed by atoms with Crippen LogP contribution < -0.4 is 10.1 Å². The Kier molecular flexibility index (Phi) is 7.41. The molecule has 1 unspecified atom stereocenters. The van der Waals surface area contributed by atoms with E-state index in [1.54, 1.807) is 14.2 Å². The van der Waals surface area contributed by atoms with Crippen molar-refractivity contribution in [1.29, 1.82) is 0 Å². The van der Waals surface area contributed by atoms with Gasteiger partial charge in [-0.2, -0.15) is 0 Å². The van der Waals surface area contributed by atoms with Crippen molar-refractivity contribution in [2.45, 2.75) is 19.6 Å². The summed E-state index contributed by atoms with van der Waals surface area (Å²) >= 11 is 0. The maximum Gasteiger partial charge on any atom is 0.120 e. The lowest BCUT2D eigenvalue weighted by Crippen LogP contribution is -2.31. The van der Waals surface area contributed by atoms with Gasteiger partial charge in [0.05, 0.1) is 13.2 Å². The number of hydrogen-bond donors (Lipinski definition) is 1. The summed E-state index contributed by atoms with van der Waals surface area (Å²) in [6, 6.07) is 7.98. The lowest BCUT2D eigenvalue weighted by atomic mass is 10.2. The summed E-state index contributed by atoms with van der Waals surface area (Å²) in [6.07, 6.45) is 0.125. The van der Waals surface area contributed by atoms with Crippen molar-refractivity contribution in [3.63, 3.8) is 0 Å². The summed E-state index contributed by atoms with van der Waals surface area (Å²) in [5.74, 6) is 0.880. The van der Waals surface area contributed by atoms with Crippen LogP contribution >= 0.6 is 0 Å². The van der Waals surface area contributed by atoms with Crippen LogP contribution in [0.1, 0.15) is 12.5 Å². The van der Waals surface area contributed by atoms with Crippen LogP contribution in [-0.2, 0) is 16.1 Å². The minimum absolute atomic E-state index is 0.125. The predicted octanol–water partition coefficient (Wildman–Crippen LogP) is 1.84. The first-order valence-electron chi connectivity index (χ1n) is 6.20. The van der Waals surface area contributed by atoms with Crippen LogP contribution in [0.5, 0.6) is 5.75 Å². The first-order valence-corrected chi connectivity index (χ1v) is 6.20. The zero-order chi connectivity index (χ0) is 13.2. The maximum atomic E-state index is 5.82. The summed E-state index contributed by atoms with van der Waals surface area (Å²) in [6.45, 7) is 5.02. The second-order valence-electron chi connectivity index (χ2n) is 4.21. The lowest BCUT2D eigenvalue weighted by Gasteiger charge is -2.16. The normalized spacial score (nSPS) is 12.4. The van der Waals surface area contributed by atoms with Crippen molar-refractivity contribution < 1.29 is 14.2 Å². The van der Waals surface area contributed by atoms with E-state index in [2.05, 4.69) is 5.32 Å². The molecule has 0 aliphatic carbocycles. The number of benzene rings is 1. The van der Waals surface area contributed by atoms with E-state index in [0.717, 1.165) is 31.0 Å². The van der Waals surface area contributed by atoms with Crippen LogP contribution in [0.2, 0.25) is 0 Å². The molecule has 1 aromatic rings. The Balaban J connectivity index is 2.34. The third kappa shape index (κ3) is 6.00. The van der Waals surface area contributed by atoms with Gasteiger partial charge in [-0.3, -0.25) is 0 Å². The molecule has 0 aromatic heterocycles. The summed E-state index contributed by atoms with van der Waals surface area (Å²) in [4.78, 5) is 0. The molecule has 1 rings (SSSR count). The highest BCUT2D eigenvalue weighted by Gasteiger charge is 2.04. The smallest absolute Gasteiger partial charge is 0.120 e. The molecule has 0 spiro atoms. The molecule has 1 aromatic carbocycles. The molecule has 0 heterocycles. The van der Waals surface area contributed by atoms with Gasteiger partial charge in [0.2, 0.25) is 0 Å². The average molecular weight is 253 g/mol. The molecule has 4 heteroatoms. The fourth-order valence-electron chi connectivity index (χ4n) is 1.63. The molecule has 0 bridgehead atoms. The van der Waals surface area contributed by atoms with Gasteiger partial charge in [-0.05, 0) is 24.6 Å². The zero-order valence-corrected chi connectivity index (χ0v) is 11.4. The molecule has 0 amide bonds. The van der Waals surface area contributed by atoms with Crippen LogP contribution in [0, 0.1) is 0 Å². The van der Waals surface area contributed by atoms with Gasteiger partial charge in [-0.25, -0.2) is 0 Å². The molecule has 1 atom stereocenters. The first-order chi connectivity index (χ1) is 8.76. The van der Waals surface area contributed by atoms with Crippen LogP contribution in [0.4, 0.5) is 0 Å². The summed E-state index contributed by atoms with van der Waals surface area (Å²) in [5, 5.41) is 3.27. The average Bonchev–Trinajstić information content (AvgIpc) is 2.35.